The molecule has 6 heteroatoms. The quantitative estimate of drug-likeness (QED) is 0.721. The standard InChI is InChI=1S/C17H23FN2O3/c1-4-11(2)19-17(23)12(3)20-16(22)10-9-15(21)13-5-7-14(18)8-6-13/h5-8,11-12H,4,9-10H2,1-3H3,(H,19,23)(H,20,22)/t11-,12-/m0/s1. The first-order valence-electron chi connectivity index (χ1n) is 7.72. The van der Waals surface area contributed by atoms with E-state index in [2.05, 4.69) is 10.6 Å². The van der Waals surface area contributed by atoms with Gasteiger partial charge >= 0.3 is 0 Å². The Balaban J connectivity index is 2.40. The molecule has 23 heavy (non-hydrogen) atoms. The Morgan fingerprint density at radius 2 is 1.65 bits per heavy atom. The second kappa shape index (κ2) is 9.02. The molecule has 0 bridgehead atoms. The van der Waals surface area contributed by atoms with E-state index in [0.29, 0.717) is 5.56 Å². The fourth-order valence-corrected chi connectivity index (χ4v) is 1.86. The normalized spacial score (nSPS) is 13.0. The first-order valence-corrected chi connectivity index (χ1v) is 7.72. The average molecular weight is 322 g/mol. The minimum atomic E-state index is -0.655. The number of Topliss-reactive ketones (excluding diaryl/α,β-unsaturated/α-hetero) is 1. The fraction of sp³-hybridized carbons (Fsp3) is 0.471. The second-order valence-electron chi connectivity index (χ2n) is 5.54. The van der Waals surface area contributed by atoms with Crippen LogP contribution >= 0.6 is 0 Å². The zero-order valence-corrected chi connectivity index (χ0v) is 13.7. The van der Waals surface area contributed by atoms with E-state index in [1.165, 1.54) is 24.3 Å². The first-order chi connectivity index (χ1) is 10.8. The molecule has 0 heterocycles. The van der Waals surface area contributed by atoms with Gasteiger partial charge in [-0.15, -0.1) is 0 Å². The Hall–Kier alpha value is -2.24. The van der Waals surface area contributed by atoms with Crippen molar-refractivity contribution in [2.24, 2.45) is 0 Å². The van der Waals surface area contributed by atoms with Crippen LogP contribution in [0.5, 0.6) is 0 Å². The minimum absolute atomic E-state index is 0.0111. The van der Waals surface area contributed by atoms with Crippen LogP contribution in [0.3, 0.4) is 0 Å². The molecule has 0 aliphatic carbocycles. The maximum absolute atomic E-state index is 12.8. The molecular formula is C17H23FN2O3. The zero-order chi connectivity index (χ0) is 17.4. The molecule has 2 N–H and O–H groups in total. The molecule has 0 aliphatic rings. The Morgan fingerprint density at radius 3 is 2.22 bits per heavy atom. The number of hydrogen-bond donors (Lipinski definition) is 2. The summed E-state index contributed by atoms with van der Waals surface area (Å²) in [5.41, 5.74) is 0.363. The van der Waals surface area contributed by atoms with Crippen LogP contribution in [0, 0.1) is 5.82 Å². The molecule has 0 radical (unpaired) electrons. The number of ketones is 1. The third-order valence-electron chi connectivity index (χ3n) is 3.52. The van der Waals surface area contributed by atoms with Crippen molar-refractivity contribution in [3.63, 3.8) is 0 Å². The van der Waals surface area contributed by atoms with Gasteiger partial charge in [-0.3, -0.25) is 14.4 Å². The highest BCUT2D eigenvalue weighted by Gasteiger charge is 2.17. The lowest BCUT2D eigenvalue weighted by Gasteiger charge is -2.17. The maximum atomic E-state index is 12.8. The van der Waals surface area contributed by atoms with Crippen LogP contribution in [0.4, 0.5) is 4.39 Å². The highest BCUT2D eigenvalue weighted by atomic mass is 19.1. The molecule has 5 nitrogen and oxygen atoms in total. The number of rotatable bonds is 8. The summed E-state index contributed by atoms with van der Waals surface area (Å²) >= 11 is 0. The molecule has 2 amide bonds. The number of amides is 2. The van der Waals surface area contributed by atoms with Gasteiger partial charge in [0.15, 0.2) is 5.78 Å². The first kappa shape index (κ1) is 18.8. The van der Waals surface area contributed by atoms with E-state index >= 15 is 0 Å². The van der Waals surface area contributed by atoms with Gasteiger partial charge in [0, 0.05) is 24.4 Å². The summed E-state index contributed by atoms with van der Waals surface area (Å²) < 4.78 is 12.8. The summed E-state index contributed by atoms with van der Waals surface area (Å²) in [6, 6.07) is 4.57. The molecule has 0 saturated carbocycles. The number of carbonyl (C=O) groups excluding carboxylic acids is 3. The average Bonchev–Trinajstić information content (AvgIpc) is 2.52. The Kier molecular flexibility index (Phi) is 7.38. The van der Waals surface area contributed by atoms with Gasteiger partial charge in [-0.1, -0.05) is 6.92 Å². The molecule has 1 aromatic carbocycles. The van der Waals surface area contributed by atoms with E-state index in [9.17, 15) is 18.8 Å². The van der Waals surface area contributed by atoms with Crippen LogP contribution in [-0.2, 0) is 9.59 Å². The van der Waals surface area contributed by atoms with Gasteiger partial charge in [-0.2, -0.15) is 0 Å². The lowest BCUT2D eigenvalue weighted by Crippen LogP contribution is -2.47. The lowest BCUT2D eigenvalue weighted by atomic mass is 10.1. The Bertz CT molecular complexity index is 557. The van der Waals surface area contributed by atoms with E-state index in [4.69, 9.17) is 0 Å². The zero-order valence-electron chi connectivity index (χ0n) is 13.7. The summed E-state index contributed by atoms with van der Waals surface area (Å²) in [5, 5.41) is 5.34. The van der Waals surface area contributed by atoms with Gasteiger partial charge < -0.3 is 10.6 Å². The Labute approximate surface area is 135 Å². The third-order valence-corrected chi connectivity index (χ3v) is 3.52. The van der Waals surface area contributed by atoms with Gasteiger partial charge in [0.1, 0.15) is 11.9 Å². The molecule has 0 aromatic heterocycles. The minimum Gasteiger partial charge on any atom is -0.352 e. The molecule has 0 fully saturated rings. The van der Waals surface area contributed by atoms with Crippen LogP contribution in [0.2, 0.25) is 0 Å². The van der Waals surface area contributed by atoms with E-state index in [1.807, 2.05) is 13.8 Å². The van der Waals surface area contributed by atoms with Crippen molar-refractivity contribution in [2.45, 2.75) is 52.1 Å². The van der Waals surface area contributed by atoms with Crippen LogP contribution in [-0.4, -0.2) is 29.7 Å². The predicted octanol–water partition coefficient (Wildman–Crippen LogP) is 2.21. The molecule has 1 aromatic rings. The molecule has 0 saturated heterocycles. The molecule has 1 rings (SSSR count). The van der Waals surface area contributed by atoms with Crippen molar-refractivity contribution < 1.29 is 18.8 Å². The number of carbonyl (C=O) groups is 3. The van der Waals surface area contributed by atoms with Crippen molar-refractivity contribution in [2.75, 3.05) is 0 Å². The van der Waals surface area contributed by atoms with E-state index in [-0.39, 0.29) is 36.5 Å². The third kappa shape index (κ3) is 6.59. The summed E-state index contributed by atoms with van der Waals surface area (Å²) in [6.45, 7) is 5.43. The number of benzene rings is 1. The van der Waals surface area contributed by atoms with Crippen molar-refractivity contribution in [1.82, 2.24) is 10.6 Å². The summed E-state index contributed by atoms with van der Waals surface area (Å²) in [5.74, 6) is -1.28. The number of hydrogen-bond acceptors (Lipinski definition) is 3. The topological polar surface area (TPSA) is 75.3 Å². The molecule has 0 aliphatic heterocycles. The van der Waals surface area contributed by atoms with Crippen LogP contribution in [0.25, 0.3) is 0 Å². The van der Waals surface area contributed by atoms with Crippen molar-refractivity contribution >= 4 is 17.6 Å². The van der Waals surface area contributed by atoms with Gasteiger partial charge in [-0.05, 0) is 44.5 Å². The number of halogens is 1. The smallest absolute Gasteiger partial charge is 0.242 e. The largest absolute Gasteiger partial charge is 0.352 e. The van der Waals surface area contributed by atoms with Crippen LogP contribution in [0.15, 0.2) is 24.3 Å². The molecule has 0 unspecified atom stereocenters. The number of nitrogens with one attached hydrogen (secondary N) is 2. The molecular weight excluding hydrogens is 299 g/mol. The molecule has 2 atom stereocenters. The predicted molar refractivity (Wildman–Crippen MR) is 85.5 cm³/mol. The lowest BCUT2D eigenvalue weighted by molar-refractivity contribution is -0.128. The highest BCUT2D eigenvalue weighted by Crippen LogP contribution is 2.07. The van der Waals surface area contributed by atoms with E-state index in [1.54, 1.807) is 6.92 Å². The van der Waals surface area contributed by atoms with E-state index < -0.39 is 11.9 Å². The van der Waals surface area contributed by atoms with Crippen LogP contribution in [0.1, 0.15) is 50.4 Å². The molecule has 126 valence electrons. The van der Waals surface area contributed by atoms with Crippen molar-refractivity contribution in [3.05, 3.63) is 35.6 Å². The summed E-state index contributed by atoms with van der Waals surface area (Å²) in [6.07, 6.45) is 0.799. The van der Waals surface area contributed by atoms with Gasteiger partial charge in [0.2, 0.25) is 11.8 Å². The van der Waals surface area contributed by atoms with Crippen LogP contribution < -0.4 is 10.6 Å². The highest BCUT2D eigenvalue weighted by molar-refractivity contribution is 5.98. The van der Waals surface area contributed by atoms with E-state index in [0.717, 1.165) is 6.42 Å². The van der Waals surface area contributed by atoms with Crippen molar-refractivity contribution in [3.8, 4) is 0 Å². The van der Waals surface area contributed by atoms with Gasteiger partial charge in [0.05, 0.1) is 0 Å². The fourth-order valence-electron chi connectivity index (χ4n) is 1.86. The summed E-state index contributed by atoms with van der Waals surface area (Å²) in [7, 11) is 0. The molecule has 0 spiro atoms. The Morgan fingerprint density at radius 1 is 1.04 bits per heavy atom. The van der Waals surface area contributed by atoms with Gasteiger partial charge in [0.25, 0.3) is 0 Å². The SMILES string of the molecule is CC[C@H](C)NC(=O)[C@H](C)NC(=O)CCC(=O)c1ccc(F)cc1. The monoisotopic (exact) mass is 322 g/mol. The second-order valence-corrected chi connectivity index (χ2v) is 5.54. The van der Waals surface area contributed by atoms with Crippen molar-refractivity contribution in [1.29, 1.82) is 0 Å². The summed E-state index contributed by atoms with van der Waals surface area (Å²) in [4.78, 5) is 35.5. The maximum Gasteiger partial charge on any atom is 0.242 e. The van der Waals surface area contributed by atoms with Gasteiger partial charge in [-0.25, -0.2) is 4.39 Å².